The van der Waals surface area contributed by atoms with Gasteiger partial charge in [-0.1, -0.05) is 0 Å². The lowest BCUT2D eigenvalue weighted by Gasteiger charge is -2.22. The zero-order valence-electron chi connectivity index (χ0n) is 11.9. The molecule has 0 atom stereocenters. The Morgan fingerprint density at radius 3 is 2.45 bits per heavy atom. The fourth-order valence-electron chi connectivity index (χ4n) is 2.21. The second-order valence-electron chi connectivity index (χ2n) is 4.90. The maximum absolute atomic E-state index is 12.1. The van der Waals surface area contributed by atoms with Crippen molar-refractivity contribution in [1.29, 1.82) is 0 Å². The molecule has 0 spiro atoms. The minimum Gasteiger partial charge on any atom is -0.404 e. The molecule has 1 aromatic rings. The Balaban J connectivity index is 2.03. The number of hydrogen-bond acceptors (Lipinski definition) is 5. The van der Waals surface area contributed by atoms with E-state index in [1.807, 2.05) is 4.90 Å². The average Bonchev–Trinajstić information content (AvgIpc) is 2.63. The molecule has 2 rings (SSSR count). The molecular weight excluding hydrogens is 323 g/mol. The topological polar surface area (TPSA) is 62.7 Å². The third-order valence-electron chi connectivity index (χ3n) is 3.20. The predicted octanol–water partition coefficient (Wildman–Crippen LogP) is 1.45. The molecule has 0 radical (unpaired) electrons. The summed E-state index contributed by atoms with van der Waals surface area (Å²) in [5.41, 5.74) is 0. The molecule has 124 valence electrons. The van der Waals surface area contributed by atoms with Crippen LogP contribution in [0, 0.1) is 0 Å². The van der Waals surface area contributed by atoms with E-state index in [0.29, 0.717) is 38.4 Å². The third kappa shape index (κ3) is 4.73. The Morgan fingerprint density at radius 1 is 1.18 bits per heavy atom. The van der Waals surface area contributed by atoms with Crippen molar-refractivity contribution < 1.29 is 26.3 Å². The van der Waals surface area contributed by atoms with Crippen LogP contribution in [0.1, 0.15) is 6.42 Å². The summed E-state index contributed by atoms with van der Waals surface area (Å²) in [4.78, 5) is 5.78. The van der Waals surface area contributed by atoms with Gasteiger partial charge in [-0.25, -0.2) is 17.7 Å². The predicted molar refractivity (Wildman–Crippen MR) is 74.2 cm³/mol. The number of nitrogens with zero attached hydrogens (tertiary/aromatic N) is 3. The second-order valence-corrected chi connectivity index (χ2v) is 6.88. The van der Waals surface area contributed by atoms with Crippen molar-refractivity contribution in [2.75, 3.05) is 37.3 Å². The van der Waals surface area contributed by atoms with Crippen LogP contribution < -0.4 is 9.64 Å². The first-order valence-electron chi connectivity index (χ1n) is 6.57. The van der Waals surface area contributed by atoms with E-state index in [9.17, 15) is 21.6 Å². The zero-order valence-corrected chi connectivity index (χ0v) is 12.7. The van der Waals surface area contributed by atoms with Crippen LogP contribution in [0.25, 0.3) is 0 Å². The molecule has 0 bridgehead atoms. The van der Waals surface area contributed by atoms with Crippen LogP contribution in [0.15, 0.2) is 18.3 Å². The van der Waals surface area contributed by atoms with E-state index in [4.69, 9.17) is 0 Å². The molecule has 0 amide bonds. The molecule has 10 heteroatoms. The molecule has 6 nitrogen and oxygen atoms in total. The first-order chi connectivity index (χ1) is 10.1. The molecule has 22 heavy (non-hydrogen) atoms. The fourth-order valence-corrected chi connectivity index (χ4v) is 3.08. The van der Waals surface area contributed by atoms with Crippen molar-refractivity contribution in [3.05, 3.63) is 18.3 Å². The molecule has 0 saturated carbocycles. The summed E-state index contributed by atoms with van der Waals surface area (Å²) in [6, 6.07) is 2.62. The highest BCUT2D eigenvalue weighted by atomic mass is 32.2. The number of anilines is 1. The van der Waals surface area contributed by atoms with Crippen molar-refractivity contribution in [1.82, 2.24) is 9.29 Å². The van der Waals surface area contributed by atoms with Gasteiger partial charge in [0.15, 0.2) is 0 Å². The Labute approximate surface area is 126 Å². The smallest absolute Gasteiger partial charge is 0.404 e. The number of ether oxygens (including phenoxy) is 1. The molecular formula is C12H16F3N3O3S. The summed E-state index contributed by atoms with van der Waals surface area (Å²) in [7, 11) is -3.24. The number of hydrogen-bond donors (Lipinski definition) is 0. The van der Waals surface area contributed by atoms with Crippen molar-refractivity contribution in [3.63, 3.8) is 0 Å². The largest absolute Gasteiger partial charge is 0.573 e. The SMILES string of the molecule is CS(=O)(=O)N1CCCN(c2ccc(OC(F)(F)F)cn2)CC1. The van der Waals surface area contributed by atoms with Crippen LogP contribution in [-0.2, 0) is 10.0 Å². The van der Waals surface area contributed by atoms with Gasteiger partial charge < -0.3 is 9.64 Å². The summed E-state index contributed by atoms with van der Waals surface area (Å²) < 4.78 is 64.4. The van der Waals surface area contributed by atoms with E-state index in [2.05, 4.69) is 9.72 Å². The number of pyridine rings is 1. The lowest BCUT2D eigenvalue weighted by atomic mass is 10.3. The lowest BCUT2D eigenvalue weighted by Crippen LogP contribution is -2.34. The Kier molecular flexibility index (Phi) is 4.81. The summed E-state index contributed by atoms with van der Waals surface area (Å²) >= 11 is 0. The van der Waals surface area contributed by atoms with Gasteiger partial charge in [-0.15, -0.1) is 13.2 Å². The highest BCUT2D eigenvalue weighted by molar-refractivity contribution is 7.88. The van der Waals surface area contributed by atoms with E-state index in [-0.39, 0.29) is 5.75 Å². The van der Waals surface area contributed by atoms with Crippen LogP contribution in [0.4, 0.5) is 19.0 Å². The van der Waals surface area contributed by atoms with E-state index in [0.717, 1.165) is 12.5 Å². The molecule has 1 aliphatic heterocycles. The highest BCUT2D eigenvalue weighted by Crippen LogP contribution is 2.24. The van der Waals surface area contributed by atoms with Crippen molar-refractivity contribution in [3.8, 4) is 5.75 Å². The number of rotatable bonds is 3. The van der Waals surface area contributed by atoms with Crippen molar-refractivity contribution >= 4 is 15.8 Å². The third-order valence-corrected chi connectivity index (χ3v) is 4.51. The van der Waals surface area contributed by atoms with Gasteiger partial charge >= 0.3 is 6.36 Å². The molecule has 1 aliphatic rings. The first-order valence-corrected chi connectivity index (χ1v) is 8.42. The zero-order chi connectivity index (χ0) is 16.4. The number of aromatic nitrogens is 1. The van der Waals surface area contributed by atoms with Crippen molar-refractivity contribution in [2.24, 2.45) is 0 Å². The van der Waals surface area contributed by atoms with Gasteiger partial charge in [0, 0.05) is 26.2 Å². The first kappa shape index (κ1) is 16.8. The van der Waals surface area contributed by atoms with E-state index >= 15 is 0 Å². The van der Waals surface area contributed by atoms with Crippen LogP contribution in [0.5, 0.6) is 5.75 Å². The van der Waals surface area contributed by atoms with E-state index < -0.39 is 16.4 Å². The second kappa shape index (κ2) is 6.29. The van der Waals surface area contributed by atoms with E-state index in [1.54, 1.807) is 0 Å². The van der Waals surface area contributed by atoms with Gasteiger partial charge in [-0.05, 0) is 18.6 Å². The van der Waals surface area contributed by atoms with Gasteiger partial charge in [0.1, 0.15) is 11.6 Å². The standard InChI is InChI=1S/C12H16F3N3O3S/c1-22(19,20)18-6-2-5-17(7-8-18)11-4-3-10(9-16-11)21-12(13,14)15/h3-4,9H,2,5-8H2,1H3. The minimum atomic E-state index is -4.75. The van der Waals surface area contributed by atoms with Crippen molar-refractivity contribution in [2.45, 2.75) is 12.8 Å². The van der Waals surface area contributed by atoms with Gasteiger partial charge in [0.25, 0.3) is 0 Å². The van der Waals surface area contributed by atoms with Crippen LogP contribution in [0.2, 0.25) is 0 Å². The van der Waals surface area contributed by atoms with E-state index in [1.165, 1.54) is 16.4 Å². The molecule has 0 aliphatic carbocycles. The summed E-state index contributed by atoms with van der Waals surface area (Å²) in [5.74, 6) is 0.105. The molecule has 1 saturated heterocycles. The van der Waals surface area contributed by atoms with Gasteiger partial charge in [-0.3, -0.25) is 0 Å². The summed E-state index contributed by atoms with van der Waals surface area (Å²) in [5, 5.41) is 0. The molecule has 0 N–H and O–H groups in total. The summed E-state index contributed by atoms with van der Waals surface area (Å²) in [6.07, 6.45) is -1.97. The normalized spacial score (nSPS) is 18.1. The molecule has 1 aromatic heterocycles. The maximum Gasteiger partial charge on any atom is 0.573 e. The lowest BCUT2D eigenvalue weighted by molar-refractivity contribution is -0.274. The van der Waals surface area contributed by atoms with Gasteiger partial charge in [-0.2, -0.15) is 0 Å². The quantitative estimate of drug-likeness (QED) is 0.834. The number of halogens is 3. The van der Waals surface area contributed by atoms with Crippen LogP contribution >= 0.6 is 0 Å². The maximum atomic E-state index is 12.1. The Hall–Kier alpha value is -1.55. The molecule has 0 aromatic carbocycles. The van der Waals surface area contributed by atoms with Gasteiger partial charge in [0.2, 0.25) is 10.0 Å². The molecule has 2 heterocycles. The number of alkyl halides is 3. The molecule has 0 unspecified atom stereocenters. The Bertz CT molecular complexity index is 604. The fraction of sp³-hybridized carbons (Fsp3) is 0.583. The highest BCUT2D eigenvalue weighted by Gasteiger charge is 2.31. The monoisotopic (exact) mass is 339 g/mol. The average molecular weight is 339 g/mol. The van der Waals surface area contributed by atoms with Crippen LogP contribution in [0.3, 0.4) is 0 Å². The number of sulfonamides is 1. The van der Waals surface area contributed by atoms with Gasteiger partial charge in [0.05, 0.1) is 12.5 Å². The van der Waals surface area contributed by atoms with Crippen LogP contribution in [-0.4, -0.2) is 56.5 Å². The summed E-state index contributed by atoms with van der Waals surface area (Å²) in [6.45, 7) is 1.75. The minimum absolute atomic E-state index is 0.321. The Morgan fingerprint density at radius 2 is 1.91 bits per heavy atom. The molecule has 1 fully saturated rings.